The Bertz CT molecular complexity index is 310. The summed E-state index contributed by atoms with van der Waals surface area (Å²) < 4.78 is 0. The standard InChI is InChI=1S/2C5H6N2/c2*1-5-2-3-6-4-7-5/h2*2-4H,1H3. The van der Waals surface area contributed by atoms with Crippen LogP contribution in [0.5, 0.6) is 0 Å². The molecule has 0 saturated carbocycles. The van der Waals surface area contributed by atoms with Gasteiger partial charge < -0.3 is 0 Å². The van der Waals surface area contributed by atoms with Gasteiger partial charge in [-0.05, 0) is 26.0 Å². The third-order valence-corrected chi connectivity index (χ3v) is 1.46. The molecule has 0 aliphatic rings. The minimum absolute atomic E-state index is 1.01. The monoisotopic (exact) mass is 188 g/mol. The highest BCUT2D eigenvalue weighted by Crippen LogP contribution is 1.82. The Morgan fingerprint density at radius 2 is 1.21 bits per heavy atom. The summed E-state index contributed by atoms with van der Waals surface area (Å²) in [5.74, 6) is 0. The summed E-state index contributed by atoms with van der Waals surface area (Å²) >= 11 is 0. The summed E-state index contributed by atoms with van der Waals surface area (Å²) in [6.07, 6.45) is 6.52. The van der Waals surface area contributed by atoms with Gasteiger partial charge in [-0.15, -0.1) is 0 Å². The molecule has 0 N–H and O–H groups in total. The fourth-order valence-electron chi connectivity index (χ4n) is 0.714. The molecule has 0 aliphatic heterocycles. The van der Waals surface area contributed by atoms with Crippen molar-refractivity contribution in [1.29, 1.82) is 0 Å². The first-order chi connectivity index (χ1) is 6.79. The van der Waals surface area contributed by atoms with Gasteiger partial charge in [0.15, 0.2) is 0 Å². The van der Waals surface area contributed by atoms with Crippen molar-refractivity contribution in [3.63, 3.8) is 0 Å². The Balaban J connectivity index is 0.000000140. The zero-order valence-corrected chi connectivity index (χ0v) is 8.25. The van der Waals surface area contributed by atoms with Gasteiger partial charge in [-0.25, -0.2) is 19.9 Å². The average molecular weight is 188 g/mol. The number of nitrogens with zero attached hydrogens (tertiary/aromatic N) is 4. The molecule has 2 aromatic rings. The van der Waals surface area contributed by atoms with Gasteiger partial charge in [0.2, 0.25) is 0 Å². The van der Waals surface area contributed by atoms with Crippen molar-refractivity contribution in [2.24, 2.45) is 0 Å². The molecule has 14 heavy (non-hydrogen) atoms. The van der Waals surface area contributed by atoms with Crippen LogP contribution >= 0.6 is 0 Å². The fraction of sp³-hybridized carbons (Fsp3) is 0.200. The lowest BCUT2D eigenvalue weighted by Gasteiger charge is -1.81. The van der Waals surface area contributed by atoms with Gasteiger partial charge in [-0.1, -0.05) is 0 Å². The lowest BCUT2D eigenvalue weighted by Crippen LogP contribution is -1.77. The minimum Gasteiger partial charge on any atom is -0.245 e. The van der Waals surface area contributed by atoms with Crippen LogP contribution in [0.1, 0.15) is 11.4 Å². The van der Waals surface area contributed by atoms with Gasteiger partial charge in [0.1, 0.15) is 12.7 Å². The van der Waals surface area contributed by atoms with E-state index < -0.39 is 0 Å². The Morgan fingerprint density at radius 1 is 0.786 bits per heavy atom. The van der Waals surface area contributed by atoms with E-state index in [-0.39, 0.29) is 0 Å². The Labute approximate surface area is 83.1 Å². The topological polar surface area (TPSA) is 51.6 Å². The largest absolute Gasteiger partial charge is 0.245 e. The van der Waals surface area contributed by atoms with Crippen LogP contribution in [-0.2, 0) is 0 Å². The average Bonchev–Trinajstić information content (AvgIpc) is 2.21. The van der Waals surface area contributed by atoms with E-state index in [1.54, 1.807) is 12.4 Å². The number of aryl methyl sites for hydroxylation is 2. The van der Waals surface area contributed by atoms with Gasteiger partial charge in [0.25, 0.3) is 0 Å². The molecule has 0 spiro atoms. The van der Waals surface area contributed by atoms with Crippen molar-refractivity contribution in [3.05, 3.63) is 48.6 Å². The van der Waals surface area contributed by atoms with E-state index in [0.29, 0.717) is 0 Å². The maximum Gasteiger partial charge on any atom is 0.115 e. The second-order valence-electron chi connectivity index (χ2n) is 2.70. The summed E-state index contributed by atoms with van der Waals surface area (Å²) in [5.41, 5.74) is 2.02. The minimum atomic E-state index is 1.01. The highest BCUT2D eigenvalue weighted by atomic mass is 14.8. The van der Waals surface area contributed by atoms with E-state index in [9.17, 15) is 0 Å². The van der Waals surface area contributed by atoms with Gasteiger partial charge in [0, 0.05) is 23.8 Å². The van der Waals surface area contributed by atoms with Gasteiger partial charge in [0.05, 0.1) is 0 Å². The molecular formula is C10H12N4. The van der Waals surface area contributed by atoms with E-state index in [1.165, 1.54) is 12.7 Å². The first-order valence-electron chi connectivity index (χ1n) is 4.24. The molecule has 2 aromatic heterocycles. The van der Waals surface area contributed by atoms with Crippen LogP contribution < -0.4 is 0 Å². The summed E-state index contributed by atoms with van der Waals surface area (Å²) in [6.45, 7) is 3.86. The van der Waals surface area contributed by atoms with Gasteiger partial charge in [-0.2, -0.15) is 0 Å². The molecule has 0 atom stereocenters. The molecule has 4 heteroatoms. The van der Waals surface area contributed by atoms with Crippen molar-refractivity contribution in [2.45, 2.75) is 13.8 Å². The van der Waals surface area contributed by atoms with Crippen LogP contribution in [0.2, 0.25) is 0 Å². The molecule has 0 aromatic carbocycles. The smallest absolute Gasteiger partial charge is 0.115 e. The number of hydrogen-bond donors (Lipinski definition) is 0. The molecule has 4 nitrogen and oxygen atoms in total. The zero-order valence-electron chi connectivity index (χ0n) is 8.25. The molecule has 0 bridgehead atoms. The first-order valence-corrected chi connectivity index (χ1v) is 4.24. The summed E-state index contributed by atoms with van der Waals surface area (Å²) in [6, 6.07) is 3.72. The predicted octanol–water partition coefficient (Wildman–Crippen LogP) is 1.57. The van der Waals surface area contributed by atoms with Gasteiger partial charge in [-0.3, -0.25) is 0 Å². The maximum absolute atomic E-state index is 3.87. The third kappa shape index (κ3) is 4.25. The molecule has 2 heterocycles. The molecule has 0 saturated heterocycles. The Hall–Kier alpha value is -1.84. The lowest BCUT2D eigenvalue weighted by atomic mass is 10.5. The second kappa shape index (κ2) is 5.75. The summed E-state index contributed by atoms with van der Waals surface area (Å²) in [5, 5.41) is 0. The van der Waals surface area contributed by atoms with Crippen LogP contribution in [0.4, 0.5) is 0 Å². The van der Waals surface area contributed by atoms with Crippen LogP contribution in [-0.4, -0.2) is 19.9 Å². The molecule has 0 radical (unpaired) electrons. The van der Waals surface area contributed by atoms with Crippen molar-refractivity contribution in [1.82, 2.24) is 19.9 Å². The quantitative estimate of drug-likeness (QED) is 0.629. The lowest BCUT2D eigenvalue weighted by molar-refractivity contribution is 1.10. The Kier molecular flexibility index (Phi) is 4.20. The molecule has 72 valence electrons. The number of rotatable bonds is 0. The second-order valence-corrected chi connectivity index (χ2v) is 2.70. The van der Waals surface area contributed by atoms with E-state index in [1.807, 2.05) is 26.0 Å². The van der Waals surface area contributed by atoms with Crippen LogP contribution in [0.3, 0.4) is 0 Å². The van der Waals surface area contributed by atoms with Crippen LogP contribution in [0.25, 0.3) is 0 Å². The Morgan fingerprint density at radius 3 is 1.36 bits per heavy atom. The van der Waals surface area contributed by atoms with E-state index >= 15 is 0 Å². The molecule has 0 fully saturated rings. The third-order valence-electron chi connectivity index (χ3n) is 1.46. The van der Waals surface area contributed by atoms with E-state index in [4.69, 9.17) is 0 Å². The predicted molar refractivity (Wildman–Crippen MR) is 53.5 cm³/mol. The normalized spacial score (nSPS) is 8.71. The SMILES string of the molecule is Cc1ccncn1.Cc1ccncn1. The van der Waals surface area contributed by atoms with Crippen molar-refractivity contribution in [2.75, 3.05) is 0 Å². The van der Waals surface area contributed by atoms with Crippen LogP contribution in [0, 0.1) is 13.8 Å². The molecule has 0 amide bonds. The zero-order chi connectivity index (χ0) is 10.2. The highest BCUT2D eigenvalue weighted by molar-refractivity contribution is 4.93. The van der Waals surface area contributed by atoms with Crippen LogP contribution in [0.15, 0.2) is 37.2 Å². The fourth-order valence-corrected chi connectivity index (χ4v) is 0.714. The highest BCUT2D eigenvalue weighted by Gasteiger charge is 1.74. The first kappa shape index (κ1) is 10.2. The molecule has 0 unspecified atom stereocenters. The molecular weight excluding hydrogens is 176 g/mol. The number of hydrogen-bond acceptors (Lipinski definition) is 4. The maximum atomic E-state index is 3.87. The van der Waals surface area contributed by atoms with Gasteiger partial charge >= 0.3 is 0 Å². The number of aromatic nitrogens is 4. The summed E-state index contributed by atoms with van der Waals surface area (Å²) in [4.78, 5) is 15.2. The van der Waals surface area contributed by atoms with Crippen molar-refractivity contribution in [3.8, 4) is 0 Å². The van der Waals surface area contributed by atoms with E-state index in [0.717, 1.165) is 11.4 Å². The molecule has 0 aliphatic carbocycles. The summed E-state index contributed by atoms with van der Waals surface area (Å²) in [7, 11) is 0. The van der Waals surface area contributed by atoms with Crippen molar-refractivity contribution >= 4 is 0 Å². The molecule has 2 rings (SSSR count). The van der Waals surface area contributed by atoms with E-state index in [2.05, 4.69) is 19.9 Å². The van der Waals surface area contributed by atoms with Crippen molar-refractivity contribution < 1.29 is 0 Å².